The van der Waals surface area contributed by atoms with Gasteiger partial charge in [0.1, 0.15) is 5.82 Å². The molecule has 0 aliphatic carbocycles. The van der Waals surface area contributed by atoms with E-state index in [1.54, 1.807) is 24.3 Å². The van der Waals surface area contributed by atoms with E-state index in [-0.39, 0.29) is 5.75 Å². The van der Waals surface area contributed by atoms with Crippen LogP contribution in [0.15, 0.2) is 42.5 Å². The zero-order chi connectivity index (χ0) is 17.0. The molecule has 0 N–H and O–H groups in total. The van der Waals surface area contributed by atoms with Crippen molar-refractivity contribution < 1.29 is 22.3 Å². The van der Waals surface area contributed by atoms with Gasteiger partial charge in [0, 0.05) is 13.1 Å². The molecule has 7 heteroatoms. The molecule has 0 atom stereocenters. The summed E-state index contributed by atoms with van der Waals surface area (Å²) in [5.41, 5.74) is 0.816. The maximum absolute atomic E-state index is 13.2. The highest BCUT2D eigenvalue weighted by Crippen LogP contribution is 2.32. The fraction of sp³-hybridized carbons (Fsp3) is 0.250. The minimum atomic E-state index is -3.66. The van der Waals surface area contributed by atoms with E-state index >= 15 is 0 Å². The lowest BCUT2D eigenvalue weighted by atomic mass is 10.2. The molecule has 0 unspecified atom stereocenters. The van der Waals surface area contributed by atoms with Crippen LogP contribution < -0.4 is 13.8 Å². The van der Waals surface area contributed by atoms with Gasteiger partial charge in [-0.3, -0.25) is 4.31 Å². The Balaban J connectivity index is 2.29. The summed E-state index contributed by atoms with van der Waals surface area (Å²) in [4.78, 5) is 0. The highest BCUT2D eigenvalue weighted by molar-refractivity contribution is 7.92. The second-order valence-corrected chi connectivity index (χ2v) is 6.89. The Morgan fingerprint density at radius 3 is 2.35 bits per heavy atom. The minimum Gasteiger partial charge on any atom is -0.493 e. The van der Waals surface area contributed by atoms with Gasteiger partial charge >= 0.3 is 0 Å². The molecular weight excluding hydrogens is 321 g/mol. The number of anilines is 1. The molecular formula is C16H18FNO4S. The van der Waals surface area contributed by atoms with E-state index in [1.165, 1.54) is 39.5 Å². The average Bonchev–Trinajstić information content (AvgIpc) is 2.53. The van der Waals surface area contributed by atoms with Gasteiger partial charge in [-0.2, -0.15) is 0 Å². The number of nitrogens with zero attached hydrogens (tertiary/aromatic N) is 1. The van der Waals surface area contributed by atoms with E-state index in [2.05, 4.69) is 0 Å². The number of hydrogen-bond donors (Lipinski definition) is 0. The molecule has 5 nitrogen and oxygen atoms in total. The van der Waals surface area contributed by atoms with Crippen molar-refractivity contribution in [1.82, 2.24) is 0 Å². The number of halogens is 1. The SMILES string of the molecule is COc1ccc(N(C)S(=O)(=O)Cc2cccc(F)c2)cc1OC. The van der Waals surface area contributed by atoms with Gasteiger partial charge in [-0.05, 0) is 29.8 Å². The van der Waals surface area contributed by atoms with E-state index in [9.17, 15) is 12.8 Å². The first-order valence-corrected chi connectivity index (χ1v) is 8.41. The lowest BCUT2D eigenvalue weighted by Gasteiger charge is -2.20. The summed E-state index contributed by atoms with van der Waals surface area (Å²) in [6.45, 7) is 0. The number of sulfonamides is 1. The molecule has 0 amide bonds. The second-order valence-electron chi connectivity index (χ2n) is 4.89. The minimum absolute atomic E-state index is 0.296. The van der Waals surface area contributed by atoms with Crippen LogP contribution in [0.3, 0.4) is 0 Å². The fourth-order valence-electron chi connectivity index (χ4n) is 2.12. The maximum Gasteiger partial charge on any atom is 0.239 e. The Morgan fingerprint density at radius 1 is 1.04 bits per heavy atom. The molecule has 0 fully saturated rings. The number of hydrogen-bond acceptors (Lipinski definition) is 4. The Hall–Kier alpha value is -2.28. The maximum atomic E-state index is 13.2. The molecule has 0 bridgehead atoms. The highest BCUT2D eigenvalue weighted by Gasteiger charge is 2.20. The molecule has 2 aromatic carbocycles. The lowest BCUT2D eigenvalue weighted by Crippen LogP contribution is -2.27. The van der Waals surface area contributed by atoms with Gasteiger partial charge < -0.3 is 9.47 Å². The highest BCUT2D eigenvalue weighted by atomic mass is 32.2. The van der Waals surface area contributed by atoms with Gasteiger partial charge in [0.2, 0.25) is 10.0 Å². The topological polar surface area (TPSA) is 55.8 Å². The number of benzene rings is 2. The molecule has 2 aromatic rings. The van der Waals surface area contributed by atoms with Gasteiger partial charge in [0.25, 0.3) is 0 Å². The molecule has 0 aromatic heterocycles. The average molecular weight is 339 g/mol. The molecule has 2 rings (SSSR count). The normalized spacial score (nSPS) is 11.1. The van der Waals surface area contributed by atoms with Crippen LogP contribution >= 0.6 is 0 Å². The van der Waals surface area contributed by atoms with Crippen molar-refractivity contribution in [1.29, 1.82) is 0 Å². The summed E-state index contributed by atoms with van der Waals surface area (Å²) in [6, 6.07) is 10.3. The Labute approximate surface area is 135 Å². The predicted octanol–water partition coefficient (Wildman–Crippen LogP) is 2.81. The third-order valence-electron chi connectivity index (χ3n) is 3.39. The van der Waals surface area contributed by atoms with E-state index in [0.29, 0.717) is 22.7 Å². The molecule has 0 radical (unpaired) electrons. The lowest BCUT2D eigenvalue weighted by molar-refractivity contribution is 0.355. The van der Waals surface area contributed by atoms with E-state index < -0.39 is 15.8 Å². The molecule has 0 aliphatic heterocycles. The largest absolute Gasteiger partial charge is 0.493 e. The molecule has 0 spiro atoms. The van der Waals surface area contributed by atoms with Gasteiger partial charge in [0.15, 0.2) is 11.5 Å². The van der Waals surface area contributed by atoms with Crippen molar-refractivity contribution in [3.8, 4) is 11.5 Å². The van der Waals surface area contributed by atoms with Crippen LogP contribution in [-0.2, 0) is 15.8 Å². The Morgan fingerprint density at radius 2 is 1.74 bits per heavy atom. The molecule has 0 heterocycles. The van der Waals surface area contributed by atoms with Gasteiger partial charge in [-0.25, -0.2) is 12.8 Å². The summed E-state index contributed by atoms with van der Waals surface area (Å²) in [7, 11) is 0.760. The van der Waals surface area contributed by atoms with Crippen LogP contribution in [-0.4, -0.2) is 29.7 Å². The quantitative estimate of drug-likeness (QED) is 0.812. The van der Waals surface area contributed by atoms with E-state index in [0.717, 1.165) is 4.31 Å². The summed E-state index contributed by atoms with van der Waals surface area (Å²) in [5.74, 6) is 0.173. The van der Waals surface area contributed by atoms with Gasteiger partial charge in [0.05, 0.1) is 25.7 Å². The van der Waals surface area contributed by atoms with Crippen molar-refractivity contribution in [2.45, 2.75) is 5.75 Å². The third kappa shape index (κ3) is 3.92. The van der Waals surface area contributed by atoms with Crippen molar-refractivity contribution in [2.75, 3.05) is 25.6 Å². The standard InChI is InChI=1S/C16H18FNO4S/c1-18(14-7-8-15(21-2)16(10-14)22-3)23(19,20)11-12-5-4-6-13(17)9-12/h4-10H,11H2,1-3H3. The van der Waals surface area contributed by atoms with Crippen molar-refractivity contribution >= 4 is 15.7 Å². The summed E-state index contributed by atoms with van der Waals surface area (Å²) in [5, 5.41) is 0. The number of rotatable bonds is 6. The summed E-state index contributed by atoms with van der Waals surface area (Å²) < 4.78 is 49.7. The van der Waals surface area contributed by atoms with E-state index in [4.69, 9.17) is 9.47 Å². The van der Waals surface area contributed by atoms with Gasteiger partial charge in [-0.15, -0.1) is 0 Å². The molecule has 0 aliphatic rings. The van der Waals surface area contributed by atoms with Crippen LogP contribution in [0, 0.1) is 5.82 Å². The third-order valence-corrected chi connectivity index (χ3v) is 5.13. The first kappa shape index (κ1) is 17.1. The first-order valence-electron chi connectivity index (χ1n) is 6.80. The molecule has 23 heavy (non-hydrogen) atoms. The summed E-state index contributed by atoms with van der Waals surface area (Å²) in [6.07, 6.45) is 0. The van der Waals surface area contributed by atoms with Crippen LogP contribution in [0.1, 0.15) is 5.56 Å². The second kappa shape index (κ2) is 6.87. The molecule has 0 saturated heterocycles. The zero-order valence-corrected chi connectivity index (χ0v) is 13.9. The first-order chi connectivity index (χ1) is 10.9. The zero-order valence-electron chi connectivity index (χ0n) is 13.1. The van der Waals surface area contributed by atoms with Crippen molar-refractivity contribution in [2.24, 2.45) is 0 Å². The Bertz CT molecular complexity index is 792. The Kier molecular flexibility index (Phi) is 5.10. The van der Waals surface area contributed by atoms with Crippen LogP contribution in [0.5, 0.6) is 11.5 Å². The van der Waals surface area contributed by atoms with Gasteiger partial charge in [-0.1, -0.05) is 12.1 Å². The number of methoxy groups -OCH3 is 2. The molecule has 0 saturated carbocycles. The van der Waals surface area contributed by atoms with Crippen LogP contribution in [0.4, 0.5) is 10.1 Å². The smallest absolute Gasteiger partial charge is 0.239 e. The van der Waals surface area contributed by atoms with E-state index in [1.807, 2.05) is 0 Å². The van der Waals surface area contributed by atoms with Crippen LogP contribution in [0.2, 0.25) is 0 Å². The monoisotopic (exact) mass is 339 g/mol. The fourth-order valence-corrected chi connectivity index (χ4v) is 3.34. The number of ether oxygens (including phenoxy) is 2. The molecule has 124 valence electrons. The summed E-state index contributed by atoms with van der Waals surface area (Å²) >= 11 is 0. The van der Waals surface area contributed by atoms with Crippen LogP contribution in [0.25, 0.3) is 0 Å². The van der Waals surface area contributed by atoms with Crippen molar-refractivity contribution in [3.05, 3.63) is 53.8 Å². The van der Waals surface area contributed by atoms with Crippen molar-refractivity contribution in [3.63, 3.8) is 0 Å². The predicted molar refractivity (Wildman–Crippen MR) is 87.0 cm³/mol.